The molecule has 4 heteroatoms. The SMILES string of the molecule is CCCNC1CCc2c(ccc(O[Si](C)(C)C(C)(C)C)c2O)C1. The molecule has 130 valence electrons. The fraction of sp³-hybridized carbons (Fsp3) is 0.684. The predicted octanol–water partition coefficient (Wildman–Crippen LogP) is 4.63. The molecule has 0 saturated heterocycles. The molecule has 1 unspecified atom stereocenters. The van der Waals surface area contributed by atoms with Crippen LogP contribution in [0.3, 0.4) is 0 Å². The van der Waals surface area contributed by atoms with Gasteiger partial charge in [-0.05, 0) is 62.0 Å². The van der Waals surface area contributed by atoms with Gasteiger partial charge in [0.25, 0.3) is 8.32 Å². The molecule has 1 aliphatic rings. The van der Waals surface area contributed by atoms with Gasteiger partial charge < -0.3 is 14.8 Å². The molecule has 0 saturated carbocycles. The second-order valence-electron chi connectivity index (χ2n) is 8.31. The number of hydrogen-bond donors (Lipinski definition) is 2. The van der Waals surface area contributed by atoms with Crippen LogP contribution in [0.15, 0.2) is 12.1 Å². The summed E-state index contributed by atoms with van der Waals surface area (Å²) in [5, 5.41) is 14.4. The van der Waals surface area contributed by atoms with Gasteiger partial charge in [0, 0.05) is 11.6 Å². The summed E-state index contributed by atoms with van der Waals surface area (Å²) in [5.41, 5.74) is 2.36. The Kier molecular flexibility index (Phi) is 5.47. The first-order chi connectivity index (χ1) is 10.7. The van der Waals surface area contributed by atoms with Crippen LogP contribution in [-0.2, 0) is 12.8 Å². The van der Waals surface area contributed by atoms with E-state index in [1.807, 2.05) is 6.07 Å². The Hall–Kier alpha value is -1.00. The third-order valence-corrected chi connectivity index (χ3v) is 9.75. The van der Waals surface area contributed by atoms with Gasteiger partial charge >= 0.3 is 0 Å². The molecule has 2 N–H and O–H groups in total. The Balaban J connectivity index is 2.18. The van der Waals surface area contributed by atoms with Gasteiger partial charge in [-0.2, -0.15) is 0 Å². The summed E-state index contributed by atoms with van der Waals surface area (Å²) in [6, 6.07) is 4.66. The molecular weight excluding hydrogens is 302 g/mol. The van der Waals surface area contributed by atoms with Gasteiger partial charge in [-0.3, -0.25) is 0 Å². The van der Waals surface area contributed by atoms with E-state index < -0.39 is 8.32 Å². The molecule has 23 heavy (non-hydrogen) atoms. The predicted molar refractivity (Wildman–Crippen MR) is 100 cm³/mol. The minimum Gasteiger partial charge on any atom is -0.541 e. The molecule has 0 radical (unpaired) electrons. The van der Waals surface area contributed by atoms with Crippen molar-refractivity contribution in [2.45, 2.75) is 77.6 Å². The molecule has 0 bridgehead atoms. The van der Waals surface area contributed by atoms with Crippen LogP contribution in [0, 0.1) is 0 Å². The average Bonchev–Trinajstić information content (AvgIpc) is 2.46. The Bertz CT molecular complexity index is 549. The second-order valence-corrected chi connectivity index (χ2v) is 13.0. The molecule has 2 rings (SSSR count). The average molecular weight is 336 g/mol. The van der Waals surface area contributed by atoms with Crippen molar-refractivity contribution in [3.8, 4) is 11.5 Å². The maximum Gasteiger partial charge on any atom is 0.250 e. The van der Waals surface area contributed by atoms with Crippen LogP contribution in [-0.4, -0.2) is 26.0 Å². The fourth-order valence-electron chi connectivity index (χ4n) is 2.85. The Morgan fingerprint density at radius 2 is 2.00 bits per heavy atom. The van der Waals surface area contributed by atoms with Crippen molar-refractivity contribution >= 4 is 8.32 Å². The number of fused-ring (bicyclic) bond motifs is 1. The molecule has 1 atom stereocenters. The summed E-state index contributed by atoms with van der Waals surface area (Å²) in [7, 11) is -1.93. The van der Waals surface area contributed by atoms with E-state index in [2.05, 4.69) is 52.2 Å². The first kappa shape index (κ1) is 18.3. The molecule has 0 spiro atoms. The van der Waals surface area contributed by atoms with Gasteiger partial charge in [0.05, 0.1) is 0 Å². The highest BCUT2D eigenvalue weighted by molar-refractivity contribution is 6.74. The van der Waals surface area contributed by atoms with E-state index in [0.717, 1.165) is 37.8 Å². The van der Waals surface area contributed by atoms with Crippen molar-refractivity contribution in [3.05, 3.63) is 23.3 Å². The lowest BCUT2D eigenvalue weighted by atomic mass is 9.87. The maximum absolute atomic E-state index is 10.7. The molecule has 1 aromatic carbocycles. The smallest absolute Gasteiger partial charge is 0.250 e. The highest BCUT2D eigenvalue weighted by Gasteiger charge is 2.39. The Morgan fingerprint density at radius 3 is 2.61 bits per heavy atom. The van der Waals surface area contributed by atoms with Crippen molar-refractivity contribution in [1.29, 1.82) is 0 Å². The zero-order valence-electron chi connectivity index (χ0n) is 15.6. The maximum atomic E-state index is 10.7. The molecule has 0 aromatic heterocycles. The van der Waals surface area contributed by atoms with E-state index in [-0.39, 0.29) is 5.04 Å². The lowest BCUT2D eigenvalue weighted by molar-refractivity contribution is 0.403. The first-order valence-corrected chi connectivity index (χ1v) is 11.8. The van der Waals surface area contributed by atoms with E-state index in [0.29, 0.717) is 17.5 Å². The Morgan fingerprint density at radius 1 is 1.30 bits per heavy atom. The van der Waals surface area contributed by atoms with Gasteiger partial charge in [-0.25, -0.2) is 0 Å². The summed E-state index contributed by atoms with van der Waals surface area (Å²) >= 11 is 0. The molecular formula is C19H33NO2Si. The van der Waals surface area contributed by atoms with Crippen LogP contribution < -0.4 is 9.74 Å². The third-order valence-electron chi connectivity index (χ3n) is 5.41. The van der Waals surface area contributed by atoms with Crippen LogP contribution in [0.4, 0.5) is 0 Å². The lowest BCUT2D eigenvalue weighted by Crippen LogP contribution is -2.44. The van der Waals surface area contributed by atoms with Crippen LogP contribution in [0.5, 0.6) is 11.5 Å². The first-order valence-electron chi connectivity index (χ1n) is 8.92. The highest BCUT2D eigenvalue weighted by Crippen LogP contribution is 2.42. The molecule has 1 aromatic rings. The minimum atomic E-state index is -1.93. The van der Waals surface area contributed by atoms with Gasteiger partial charge in [0.1, 0.15) is 5.75 Å². The number of aromatic hydroxyl groups is 1. The Labute approximate surface area is 142 Å². The van der Waals surface area contributed by atoms with Gasteiger partial charge in [0.15, 0.2) is 5.75 Å². The largest absolute Gasteiger partial charge is 0.541 e. The van der Waals surface area contributed by atoms with E-state index in [4.69, 9.17) is 4.43 Å². The molecule has 0 aliphatic heterocycles. The topological polar surface area (TPSA) is 41.5 Å². The monoisotopic (exact) mass is 335 g/mol. The summed E-state index contributed by atoms with van der Waals surface area (Å²) < 4.78 is 6.33. The van der Waals surface area contributed by atoms with Gasteiger partial charge in [-0.1, -0.05) is 33.8 Å². The zero-order valence-corrected chi connectivity index (χ0v) is 16.6. The number of nitrogens with one attached hydrogen (secondary N) is 1. The number of rotatable bonds is 5. The van der Waals surface area contributed by atoms with Crippen LogP contribution in [0.2, 0.25) is 18.1 Å². The van der Waals surface area contributed by atoms with Crippen LogP contribution in [0.25, 0.3) is 0 Å². The normalized spacial score (nSPS) is 18.6. The molecule has 1 aliphatic carbocycles. The number of hydrogen-bond acceptors (Lipinski definition) is 3. The third kappa shape index (κ3) is 4.10. The van der Waals surface area contributed by atoms with E-state index in [9.17, 15) is 5.11 Å². The second kappa shape index (κ2) is 6.86. The summed E-state index contributed by atoms with van der Waals surface area (Å²) in [6.07, 6.45) is 4.18. The number of phenolic OH excluding ortho intramolecular Hbond substituents is 1. The minimum absolute atomic E-state index is 0.129. The zero-order chi connectivity index (χ0) is 17.3. The number of benzene rings is 1. The van der Waals surface area contributed by atoms with Crippen LogP contribution >= 0.6 is 0 Å². The summed E-state index contributed by atoms with van der Waals surface area (Å²) in [5.74, 6) is 1.05. The van der Waals surface area contributed by atoms with E-state index in [1.54, 1.807) is 0 Å². The quantitative estimate of drug-likeness (QED) is 0.771. The lowest BCUT2D eigenvalue weighted by Gasteiger charge is -2.37. The fourth-order valence-corrected chi connectivity index (χ4v) is 3.87. The van der Waals surface area contributed by atoms with Crippen molar-refractivity contribution in [2.75, 3.05) is 6.54 Å². The van der Waals surface area contributed by atoms with Crippen molar-refractivity contribution in [2.24, 2.45) is 0 Å². The van der Waals surface area contributed by atoms with Crippen molar-refractivity contribution < 1.29 is 9.53 Å². The molecule has 3 nitrogen and oxygen atoms in total. The number of phenols is 1. The highest BCUT2D eigenvalue weighted by atomic mass is 28.4. The van der Waals surface area contributed by atoms with Crippen LogP contribution in [0.1, 0.15) is 51.7 Å². The van der Waals surface area contributed by atoms with E-state index >= 15 is 0 Å². The molecule has 0 fully saturated rings. The van der Waals surface area contributed by atoms with Gasteiger partial charge in [0.2, 0.25) is 0 Å². The van der Waals surface area contributed by atoms with Crippen molar-refractivity contribution in [1.82, 2.24) is 5.32 Å². The standard InChI is InChI=1S/C19H33NO2Si/c1-7-12-20-15-9-10-16-14(13-15)8-11-17(18(16)21)22-23(5,6)19(2,3)4/h8,11,15,20-21H,7,9-10,12-13H2,1-6H3. The summed E-state index contributed by atoms with van der Waals surface area (Å²) in [6.45, 7) is 14.4. The van der Waals surface area contributed by atoms with E-state index in [1.165, 1.54) is 5.56 Å². The van der Waals surface area contributed by atoms with Gasteiger partial charge in [-0.15, -0.1) is 0 Å². The summed E-state index contributed by atoms with van der Waals surface area (Å²) in [4.78, 5) is 0. The molecule has 0 amide bonds. The van der Waals surface area contributed by atoms with Crippen molar-refractivity contribution in [3.63, 3.8) is 0 Å². The molecule has 0 heterocycles.